The highest BCUT2D eigenvalue weighted by molar-refractivity contribution is 14.1. The van der Waals surface area contributed by atoms with E-state index in [1.165, 1.54) is 9.13 Å². The van der Waals surface area contributed by atoms with Crippen LogP contribution in [0.3, 0.4) is 0 Å². The van der Waals surface area contributed by atoms with Crippen molar-refractivity contribution in [1.82, 2.24) is 9.80 Å². The normalized spacial score (nSPS) is 11.2. The van der Waals surface area contributed by atoms with Gasteiger partial charge in [-0.3, -0.25) is 0 Å². The highest BCUT2D eigenvalue weighted by Gasteiger charge is 2.20. The number of halogens is 3. The maximum Gasteiger partial charge on any atom is 0.410 e. The maximum atomic E-state index is 11.8. The summed E-state index contributed by atoms with van der Waals surface area (Å²) < 4.78 is 12.8. The zero-order valence-corrected chi connectivity index (χ0v) is 27.5. The molecule has 206 valence electrons. The second-order valence-corrected chi connectivity index (χ2v) is 13.1. The molecule has 2 amide bonds. The number of nitrogens with zero attached hydrogens (tertiary/aromatic N) is 2. The van der Waals surface area contributed by atoms with E-state index in [9.17, 15) is 9.59 Å². The first-order valence-electron chi connectivity index (χ1n) is 12.0. The van der Waals surface area contributed by atoms with E-state index in [2.05, 4.69) is 50.7 Å². The highest BCUT2D eigenvalue weighted by Crippen LogP contribution is 2.22. The summed E-state index contributed by atoms with van der Waals surface area (Å²) in [6, 6.07) is 13.8. The molecule has 0 radical (unpaired) electrons. The molecule has 0 unspecified atom stereocenters. The van der Waals surface area contributed by atoms with Crippen molar-refractivity contribution < 1.29 is 19.1 Å². The monoisotopic (exact) mass is 708 g/mol. The number of rotatable bonds is 6. The molecule has 0 aromatic heterocycles. The lowest BCUT2D eigenvalue weighted by molar-refractivity contribution is 0.0290. The third kappa shape index (κ3) is 14.3. The molecule has 9 heteroatoms. The van der Waals surface area contributed by atoms with Crippen molar-refractivity contribution in [3.05, 3.63) is 66.7 Å². The summed E-state index contributed by atoms with van der Waals surface area (Å²) >= 11 is 11.7. The summed E-state index contributed by atoms with van der Waals surface area (Å²) in [5.41, 5.74) is 1.42. The van der Waals surface area contributed by atoms with Gasteiger partial charge in [-0.2, -0.15) is 0 Å². The van der Waals surface area contributed by atoms with Crippen molar-refractivity contribution in [3.63, 3.8) is 0 Å². The van der Waals surface area contributed by atoms with E-state index in [0.29, 0.717) is 18.1 Å². The molecule has 2 aromatic carbocycles. The molecule has 2 aromatic rings. The topological polar surface area (TPSA) is 59.1 Å². The van der Waals surface area contributed by atoms with Crippen LogP contribution in [-0.4, -0.2) is 60.4 Å². The Hall–Kier alpha value is -1.52. The molecule has 0 saturated heterocycles. The third-order valence-corrected chi connectivity index (χ3v) is 6.87. The van der Waals surface area contributed by atoms with Gasteiger partial charge in [0, 0.05) is 40.3 Å². The number of ether oxygens (including phenoxy) is 2. The zero-order chi connectivity index (χ0) is 28.4. The fraction of sp³-hybridized carbons (Fsp3) is 0.500. The molecule has 0 aliphatic carbocycles. The Balaban J connectivity index is 0.000000371. The van der Waals surface area contributed by atoms with E-state index in [0.717, 1.165) is 22.9 Å². The molecule has 0 N–H and O–H groups in total. The smallest absolute Gasteiger partial charge is 0.410 e. The lowest BCUT2D eigenvalue weighted by Crippen LogP contribution is -2.35. The van der Waals surface area contributed by atoms with Gasteiger partial charge in [-0.25, -0.2) is 9.59 Å². The first-order valence-corrected chi connectivity index (χ1v) is 14.3. The van der Waals surface area contributed by atoms with Crippen molar-refractivity contribution >= 4 is 62.3 Å². The van der Waals surface area contributed by atoms with Gasteiger partial charge in [0.2, 0.25) is 0 Å². The van der Waals surface area contributed by atoms with Gasteiger partial charge < -0.3 is 19.3 Å². The van der Waals surface area contributed by atoms with Crippen LogP contribution in [0.5, 0.6) is 0 Å². The Morgan fingerprint density at radius 2 is 1.30 bits per heavy atom. The van der Waals surface area contributed by atoms with Gasteiger partial charge in [-0.05, 0) is 112 Å². The molecule has 0 fully saturated rings. The highest BCUT2D eigenvalue weighted by atomic mass is 127. The van der Waals surface area contributed by atoms with Gasteiger partial charge in [0.05, 0.1) is 0 Å². The predicted molar refractivity (Wildman–Crippen MR) is 163 cm³/mol. The van der Waals surface area contributed by atoms with Crippen LogP contribution >= 0.6 is 50.1 Å². The molecule has 6 nitrogen and oxygen atoms in total. The minimum Gasteiger partial charge on any atom is -0.444 e. The molecule has 37 heavy (non-hydrogen) atoms. The van der Waals surface area contributed by atoms with Crippen molar-refractivity contribution in [2.75, 3.05) is 27.2 Å². The Morgan fingerprint density at radius 3 is 1.76 bits per heavy atom. The average Bonchev–Trinajstić information content (AvgIpc) is 2.76. The molecule has 0 saturated carbocycles. The summed E-state index contributed by atoms with van der Waals surface area (Å²) in [5.74, 6) is 0. The Morgan fingerprint density at radius 1 is 0.838 bits per heavy atom. The van der Waals surface area contributed by atoms with Gasteiger partial charge in [0.1, 0.15) is 11.2 Å². The average molecular weight is 710 g/mol. The molecule has 0 heterocycles. The van der Waals surface area contributed by atoms with Crippen LogP contribution in [0.25, 0.3) is 0 Å². The van der Waals surface area contributed by atoms with Crippen LogP contribution in [0.15, 0.2) is 46.9 Å². The first kappa shape index (κ1) is 33.5. The fourth-order valence-corrected chi connectivity index (χ4v) is 4.17. The number of benzene rings is 2. The number of hydrogen-bond donors (Lipinski definition) is 0. The molecule has 0 bridgehead atoms. The minimum atomic E-state index is -0.470. The Labute approximate surface area is 249 Å². The maximum absolute atomic E-state index is 11.8. The molecule has 0 atom stereocenters. The van der Waals surface area contributed by atoms with Gasteiger partial charge >= 0.3 is 12.2 Å². The summed E-state index contributed by atoms with van der Waals surface area (Å²) in [6.07, 6.45) is 0.977. The third-order valence-electron chi connectivity index (χ3n) is 4.81. The predicted octanol–water partition coefficient (Wildman–Crippen LogP) is 8.21. The van der Waals surface area contributed by atoms with E-state index in [1.807, 2.05) is 71.9 Å². The summed E-state index contributed by atoms with van der Waals surface area (Å²) in [5, 5.41) is 0.693. The van der Waals surface area contributed by atoms with Crippen LogP contribution in [-0.2, 0) is 22.3 Å². The lowest BCUT2D eigenvalue weighted by Gasteiger charge is -2.24. The first-order chi connectivity index (χ1) is 17.0. The number of hydrogen-bond acceptors (Lipinski definition) is 4. The summed E-state index contributed by atoms with van der Waals surface area (Å²) in [6.45, 7) is 12.4. The van der Waals surface area contributed by atoms with Crippen molar-refractivity contribution in [2.45, 2.75) is 65.6 Å². The second-order valence-electron chi connectivity index (χ2n) is 10.6. The van der Waals surface area contributed by atoms with Gasteiger partial charge in [-0.1, -0.05) is 45.7 Å². The van der Waals surface area contributed by atoms with Crippen LogP contribution in [0.4, 0.5) is 9.59 Å². The van der Waals surface area contributed by atoms with Crippen LogP contribution in [0.2, 0.25) is 5.02 Å². The Kier molecular flexibility index (Phi) is 13.7. The molecule has 0 aliphatic rings. The van der Waals surface area contributed by atoms with Crippen LogP contribution in [0.1, 0.15) is 52.7 Å². The van der Waals surface area contributed by atoms with Crippen molar-refractivity contribution in [2.24, 2.45) is 0 Å². The zero-order valence-electron chi connectivity index (χ0n) is 23.0. The number of carbonyl (C=O) groups excluding carboxylic acids is 2. The van der Waals surface area contributed by atoms with E-state index >= 15 is 0 Å². The van der Waals surface area contributed by atoms with E-state index in [-0.39, 0.29) is 12.2 Å². The standard InChI is InChI=1S/C14H19BrClNO2.C14H20INO2/c1-14(2,3)19-13(18)17(4)8-7-10-9-11(16)5-6-12(10)15;1-14(2,3)18-13(17)16(4)10-9-11-7-5-6-8-12(11)15/h5-6,9H,7-8H2,1-4H3;5-8H,9-10H2,1-4H3. The summed E-state index contributed by atoms with van der Waals surface area (Å²) in [7, 11) is 3.50. The van der Waals surface area contributed by atoms with E-state index < -0.39 is 11.2 Å². The van der Waals surface area contributed by atoms with Crippen molar-refractivity contribution in [1.29, 1.82) is 0 Å². The van der Waals surface area contributed by atoms with Gasteiger partial charge in [-0.15, -0.1) is 0 Å². The van der Waals surface area contributed by atoms with Gasteiger partial charge in [0.25, 0.3) is 0 Å². The quantitative estimate of drug-likeness (QED) is 0.284. The van der Waals surface area contributed by atoms with E-state index in [1.54, 1.807) is 23.9 Å². The lowest BCUT2D eigenvalue weighted by atomic mass is 10.1. The molecular weight excluding hydrogens is 671 g/mol. The molecule has 0 spiro atoms. The van der Waals surface area contributed by atoms with Crippen LogP contribution in [0, 0.1) is 3.57 Å². The largest absolute Gasteiger partial charge is 0.444 e. The SMILES string of the molecule is CN(CCc1cc(Cl)ccc1Br)C(=O)OC(C)(C)C.CN(CCc1ccccc1I)C(=O)OC(C)(C)C. The van der Waals surface area contributed by atoms with Crippen LogP contribution < -0.4 is 0 Å². The number of likely N-dealkylation sites (N-methyl/N-ethyl adjacent to an activating group) is 2. The van der Waals surface area contributed by atoms with Crippen molar-refractivity contribution in [3.8, 4) is 0 Å². The summed E-state index contributed by atoms with van der Waals surface area (Å²) in [4.78, 5) is 26.8. The van der Waals surface area contributed by atoms with E-state index in [4.69, 9.17) is 21.1 Å². The van der Waals surface area contributed by atoms with Gasteiger partial charge in [0.15, 0.2) is 0 Å². The fourth-order valence-electron chi connectivity index (χ4n) is 2.87. The minimum absolute atomic E-state index is 0.270. The molecule has 2 rings (SSSR count). The second kappa shape index (κ2) is 15.2. The Bertz CT molecular complexity index is 1040. The molecular formula is C28H39BrClIN2O4. The number of carbonyl (C=O) groups is 2. The number of amides is 2. The molecule has 0 aliphatic heterocycles.